The Balaban J connectivity index is 2.70. The van der Waals surface area contributed by atoms with E-state index in [-0.39, 0.29) is 0 Å². The summed E-state index contributed by atoms with van der Waals surface area (Å²) in [6.45, 7) is 1.81. The molecule has 0 saturated heterocycles. The SMILES string of the molecule is CCC(=NNc1ccc(Cl)cc1)C(=O)OBr. The van der Waals surface area contributed by atoms with E-state index in [1.165, 1.54) is 0 Å². The van der Waals surface area contributed by atoms with Gasteiger partial charge in [-0.1, -0.05) is 18.5 Å². The number of nitrogens with zero attached hydrogens (tertiary/aromatic N) is 1. The second kappa shape index (κ2) is 6.50. The van der Waals surface area contributed by atoms with Gasteiger partial charge in [-0.2, -0.15) is 5.10 Å². The summed E-state index contributed by atoms with van der Waals surface area (Å²) in [7, 11) is 0. The average Bonchev–Trinajstić information content (AvgIpc) is 2.31. The molecule has 0 aliphatic heterocycles. The molecule has 4 nitrogen and oxygen atoms in total. The minimum atomic E-state index is -0.510. The molecule has 0 unspecified atom stereocenters. The van der Waals surface area contributed by atoms with Gasteiger partial charge in [0.05, 0.1) is 5.69 Å². The normalized spacial score (nSPS) is 11.1. The highest BCUT2D eigenvalue weighted by Crippen LogP contribution is 2.13. The lowest BCUT2D eigenvalue weighted by molar-refractivity contribution is -0.125. The first-order valence-corrected chi connectivity index (χ1v) is 5.61. The van der Waals surface area contributed by atoms with Crippen molar-refractivity contribution in [3.63, 3.8) is 0 Å². The van der Waals surface area contributed by atoms with Crippen LogP contribution in [0.5, 0.6) is 0 Å². The Labute approximate surface area is 107 Å². The maximum atomic E-state index is 11.2. The van der Waals surface area contributed by atoms with Crippen molar-refractivity contribution in [1.29, 1.82) is 0 Å². The van der Waals surface area contributed by atoms with Gasteiger partial charge in [0.25, 0.3) is 0 Å². The Bertz CT molecular complexity index is 392. The number of hydrogen-bond acceptors (Lipinski definition) is 4. The van der Waals surface area contributed by atoms with E-state index in [9.17, 15) is 4.79 Å². The molecule has 0 saturated carbocycles. The third kappa shape index (κ3) is 3.83. The van der Waals surface area contributed by atoms with Crippen LogP contribution in [0.1, 0.15) is 13.3 Å². The van der Waals surface area contributed by atoms with Gasteiger partial charge in [-0.3, -0.25) is 5.43 Å². The Kier molecular flexibility index (Phi) is 5.28. The van der Waals surface area contributed by atoms with E-state index >= 15 is 0 Å². The van der Waals surface area contributed by atoms with Crippen LogP contribution in [0, 0.1) is 0 Å². The summed E-state index contributed by atoms with van der Waals surface area (Å²) in [4.78, 5) is 11.2. The van der Waals surface area contributed by atoms with Crippen molar-refractivity contribution < 1.29 is 8.62 Å². The minimum absolute atomic E-state index is 0.298. The number of halogens is 2. The predicted molar refractivity (Wildman–Crippen MR) is 67.8 cm³/mol. The van der Waals surface area contributed by atoms with Crippen LogP contribution in [0.3, 0.4) is 0 Å². The third-order valence-electron chi connectivity index (χ3n) is 1.80. The zero-order valence-corrected chi connectivity index (χ0v) is 10.9. The van der Waals surface area contributed by atoms with Crippen LogP contribution in [0.4, 0.5) is 5.69 Å². The maximum absolute atomic E-state index is 11.2. The number of rotatable bonds is 4. The monoisotopic (exact) mass is 304 g/mol. The standard InChI is InChI=1S/C10H10BrClN2O2/c1-2-9(10(15)16-11)14-13-8-5-3-7(12)4-6-8/h3-6,13H,2H2,1H3. The fourth-order valence-electron chi connectivity index (χ4n) is 0.970. The van der Waals surface area contributed by atoms with Gasteiger partial charge in [-0.25, -0.2) is 4.79 Å². The summed E-state index contributed by atoms with van der Waals surface area (Å²) in [6.07, 6.45) is 0.477. The van der Waals surface area contributed by atoms with E-state index in [0.29, 0.717) is 17.2 Å². The van der Waals surface area contributed by atoms with Gasteiger partial charge in [0.2, 0.25) is 0 Å². The van der Waals surface area contributed by atoms with Gasteiger partial charge in [-0.05, 0) is 30.7 Å². The van der Waals surface area contributed by atoms with Crippen LogP contribution < -0.4 is 5.43 Å². The molecule has 0 fully saturated rings. The van der Waals surface area contributed by atoms with E-state index in [2.05, 4.69) is 30.6 Å². The van der Waals surface area contributed by atoms with Crippen LogP contribution in [-0.2, 0) is 8.62 Å². The molecule has 0 atom stereocenters. The molecule has 0 bridgehead atoms. The molecule has 6 heteroatoms. The van der Waals surface area contributed by atoms with Crippen LogP contribution in [0.15, 0.2) is 29.4 Å². The van der Waals surface area contributed by atoms with E-state index < -0.39 is 5.97 Å². The molecule has 0 amide bonds. The molecular formula is C10H10BrClN2O2. The molecule has 1 aromatic carbocycles. The molecule has 86 valence electrons. The summed E-state index contributed by atoms with van der Waals surface area (Å²) in [5.41, 5.74) is 3.79. The molecule has 0 aliphatic carbocycles. The fraction of sp³-hybridized carbons (Fsp3) is 0.200. The molecule has 0 spiro atoms. The van der Waals surface area contributed by atoms with Gasteiger partial charge in [0.1, 0.15) is 5.71 Å². The molecule has 0 aliphatic rings. The van der Waals surface area contributed by atoms with Gasteiger partial charge >= 0.3 is 5.97 Å². The van der Waals surface area contributed by atoms with Crippen LogP contribution in [0.25, 0.3) is 0 Å². The first-order chi connectivity index (χ1) is 7.67. The van der Waals surface area contributed by atoms with Crippen molar-refractivity contribution in [3.05, 3.63) is 29.3 Å². The Morgan fingerprint density at radius 1 is 1.50 bits per heavy atom. The van der Waals surface area contributed by atoms with Crippen molar-refractivity contribution >= 4 is 45.2 Å². The zero-order valence-electron chi connectivity index (χ0n) is 8.54. The van der Waals surface area contributed by atoms with Crippen molar-refractivity contribution in [2.75, 3.05) is 5.43 Å². The highest BCUT2D eigenvalue weighted by molar-refractivity contribution is 9.06. The second-order valence-corrected chi connectivity index (χ2v) is 3.66. The lowest BCUT2D eigenvalue weighted by Crippen LogP contribution is -2.14. The molecule has 0 radical (unpaired) electrons. The quantitative estimate of drug-likeness (QED) is 0.685. The summed E-state index contributed by atoms with van der Waals surface area (Å²) in [5, 5.41) is 4.58. The molecule has 1 aromatic rings. The number of hydrogen-bond donors (Lipinski definition) is 1. The van der Waals surface area contributed by atoms with Gasteiger partial charge in [0.15, 0.2) is 16.3 Å². The first kappa shape index (κ1) is 13.0. The summed E-state index contributed by atoms with van der Waals surface area (Å²) in [6, 6.07) is 6.98. The lowest BCUT2D eigenvalue weighted by Gasteiger charge is -2.02. The lowest BCUT2D eigenvalue weighted by atomic mass is 10.3. The average molecular weight is 306 g/mol. The first-order valence-electron chi connectivity index (χ1n) is 4.58. The Morgan fingerprint density at radius 2 is 2.12 bits per heavy atom. The Morgan fingerprint density at radius 3 is 2.62 bits per heavy atom. The van der Waals surface area contributed by atoms with Crippen molar-refractivity contribution in [2.24, 2.45) is 5.10 Å². The number of anilines is 1. The third-order valence-corrected chi connectivity index (χ3v) is 2.35. The number of carbonyl (C=O) groups is 1. The highest BCUT2D eigenvalue weighted by Gasteiger charge is 2.09. The van der Waals surface area contributed by atoms with Crippen LogP contribution >= 0.6 is 27.9 Å². The molecule has 1 rings (SSSR count). The topological polar surface area (TPSA) is 50.7 Å². The molecular weight excluding hydrogens is 295 g/mol. The van der Waals surface area contributed by atoms with Gasteiger partial charge in [0, 0.05) is 5.02 Å². The van der Waals surface area contributed by atoms with Crippen LogP contribution in [-0.4, -0.2) is 11.7 Å². The highest BCUT2D eigenvalue weighted by atomic mass is 79.9. The van der Waals surface area contributed by atoms with E-state index in [0.717, 1.165) is 5.69 Å². The van der Waals surface area contributed by atoms with Gasteiger partial charge < -0.3 is 3.83 Å². The minimum Gasteiger partial charge on any atom is -0.379 e. The van der Waals surface area contributed by atoms with E-state index in [1.54, 1.807) is 24.3 Å². The number of carbonyl (C=O) groups excluding carboxylic acids is 1. The summed E-state index contributed by atoms with van der Waals surface area (Å²) >= 11 is 8.35. The van der Waals surface area contributed by atoms with Crippen molar-refractivity contribution in [1.82, 2.24) is 0 Å². The molecule has 16 heavy (non-hydrogen) atoms. The number of nitrogens with one attached hydrogen (secondary N) is 1. The summed E-state index contributed by atoms with van der Waals surface area (Å²) < 4.78 is 4.39. The maximum Gasteiger partial charge on any atom is 0.365 e. The second-order valence-electron chi connectivity index (χ2n) is 2.90. The van der Waals surface area contributed by atoms with E-state index in [1.807, 2.05) is 6.92 Å². The largest absolute Gasteiger partial charge is 0.379 e. The number of benzene rings is 1. The van der Waals surface area contributed by atoms with Gasteiger partial charge in [-0.15, -0.1) is 0 Å². The summed E-state index contributed by atoms with van der Waals surface area (Å²) in [5.74, 6) is -0.510. The molecule has 0 aromatic heterocycles. The van der Waals surface area contributed by atoms with Crippen molar-refractivity contribution in [2.45, 2.75) is 13.3 Å². The fourth-order valence-corrected chi connectivity index (χ4v) is 1.28. The predicted octanol–water partition coefficient (Wildman–Crippen LogP) is 3.37. The smallest absolute Gasteiger partial charge is 0.365 e. The van der Waals surface area contributed by atoms with E-state index in [4.69, 9.17) is 11.6 Å². The number of hydrazone groups is 1. The molecule has 1 N–H and O–H groups in total. The van der Waals surface area contributed by atoms with Crippen LogP contribution in [0.2, 0.25) is 5.02 Å². The van der Waals surface area contributed by atoms with Crippen molar-refractivity contribution in [3.8, 4) is 0 Å². The molecule has 0 heterocycles. The Hall–Kier alpha value is -1.07. The zero-order chi connectivity index (χ0) is 12.0.